The van der Waals surface area contributed by atoms with Gasteiger partial charge in [-0.25, -0.2) is 14.1 Å². The molecule has 0 atom stereocenters. The van der Waals surface area contributed by atoms with Crippen molar-refractivity contribution in [1.82, 2.24) is 19.2 Å². The highest BCUT2D eigenvalue weighted by atomic mass is 32.1. The molecular weight excluding hydrogens is 381 g/mol. The molecule has 0 fully saturated rings. The highest BCUT2D eigenvalue weighted by molar-refractivity contribution is 7.15. The van der Waals surface area contributed by atoms with E-state index in [-0.39, 0.29) is 17.1 Å². The predicted molar refractivity (Wildman–Crippen MR) is 105 cm³/mol. The second-order valence-electron chi connectivity index (χ2n) is 6.11. The van der Waals surface area contributed by atoms with E-state index in [0.29, 0.717) is 28.6 Å². The Morgan fingerprint density at radius 1 is 1.21 bits per heavy atom. The number of carbonyl (C=O) groups is 1. The fraction of sp³-hybridized carbons (Fsp3) is 0.158. The number of amides is 1. The van der Waals surface area contributed by atoms with Crippen LogP contribution in [-0.2, 0) is 6.54 Å². The SMILES string of the molecule is CCCn1nc(C(=O)Nc2c(-c3ccc(F)cc3)nc3sccn23)ccc1=O. The molecule has 3 aromatic heterocycles. The third-order valence-corrected chi connectivity index (χ3v) is 4.90. The molecule has 0 bridgehead atoms. The number of fused-ring (bicyclic) bond motifs is 1. The summed E-state index contributed by atoms with van der Waals surface area (Å²) in [5, 5.41) is 8.83. The zero-order valence-corrected chi connectivity index (χ0v) is 15.7. The molecule has 0 saturated carbocycles. The van der Waals surface area contributed by atoms with Gasteiger partial charge in [-0.05, 0) is 36.8 Å². The zero-order chi connectivity index (χ0) is 19.7. The molecule has 0 aliphatic rings. The minimum absolute atomic E-state index is 0.128. The first-order valence-corrected chi connectivity index (χ1v) is 9.56. The lowest BCUT2D eigenvalue weighted by molar-refractivity contribution is 0.101. The molecule has 1 N–H and O–H groups in total. The highest BCUT2D eigenvalue weighted by Gasteiger charge is 2.19. The maximum absolute atomic E-state index is 13.3. The van der Waals surface area contributed by atoms with Crippen LogP contribution in [-0.4, -0.2) is 25.1 Å². The summed E-state index contributed by atoms with van der Waals surface area (Å²) in [5.74, 6) is -0.346. The summed E-state index contributed by atoms with van der Waals surface area (Å²) in [5.41, 5.74) is 1.08. The maximum atomic E-state index is 13.3. The number of anilines is 1. The molecule has 1 aromatic carbocycles. The lowest BCUT2D eigenvalue weighted by Gasteiger charge is -2.08. The second-order valence-corrected chi connectivity index (χ2v) is 6.98. The molecule has 0 unspecified atom stereocenters. The second kappa shape index (κ2) is 7.35. The van der Waals surface area contributed by atoms with Crippen molar-refractivity contribution in [3.63, 3.8) is 0 Å². The third kappa shape index (κ3) is 3.31. The fourth-order valence-corrected chi connectivity index (χ4v) is 3.54. The summed E-state index contributed by atoms with van der Waals surface area (Å²) < 4.78 is 16.3. The molecule has 0 radical (unpaired) electrons. The average Bonchev–Trinajstić information content (AvgIpc) is 3.27. The number of benzene rings is 1. The Labute approximate surface area is 163 Å². The van der Waals surface area contributed by atoms with Crippen molar-refractivity contribution >= 4 is 28.0 Å². The summed E-state index contributed by atoms with van der Waals surface area (Å²) in [7, 11) is 0. The van der Waals surface area contributed by atoms with Gasteiger partial charge in [0.05, 0.1) is 0 Å². The van der Waals surface area contributed by atoms with E-state index in [9.17, 15) is 14.0 Å². The number of aromatic nitrogens is 4. The number of nitrogens with zero attached hydrogens (tertiary/aromatic N) is 4. The number of carbonyl (C=O) groups excluding carboxylic acids is 1. The largest absolute Gasteiger partial charge is 0.304 e. The number of hydrogen-bond donors (Lipinski definition) is 1. The van der Waals surface area contributed by atoms with Crippen molar-refractivity contribution in [3.8, 4) is 11.3 Å². The van der Waals surface area contributed by atoms with Gasteiger partial charge in [-0.3, -0.25) is 14.0 Å². The van der Waals surface area contributed by atoms with Crippen LogP contribution in [0.3, 0.4) is 0 Å². The van der Waals surface area contributed by atoms with E-state index < -0.39 is 5.91 Å². The van der Waals surface area contributed by atoms with Crippen LogP contribution in [0.25, 0.3) is 16.2 Å². The molecule has 7 nitrogen and oxygen atoms in total. The Hall–Kier alpha value is -3.33. The normalized spacial score (nSPS) is 11.1. The fourth-order valence-electron chi connectivity index (χ4n) is 2.83. The van der Waals surface area contributed by atoms with Crippen LogP contribution in [0.2, 0.25) is 0 Å². The van der Waals surface area contributed by atoms with Gasteiger partial charge >= 0.3 is 0 Å². The number of rotatable bonds is 5. The third-order valence-electron chi connectivity index (χ3n) is 4.15. The molecule has 1 amide bonds. The molecule has 9 heteroatoms. The standard InChI is InChI=1S/C19H16FN5O2S/c1-2-9-25-15(26)8-7-14(23-25)18(27)22-17-16(12-3-5-13(20)6-4-12)21-19-24(17)10-11-28-19/h3-8,10-11H,2,9H2,1H3,(H,22,27). The van der Waals surface area contributed by atoms with Crippen molar-refractivity contribution < 1.29 is 9.18 Å². The Kier molecular flexibility index (Phi) is 4.74. The van der Waals surface area contributed by atoms with Crippen LogP contribution in [0.4, 0.5) is 10.2 Å². The first-order chi connectivity index (χ1) is 13.6. The molecule has 4 rings (SSSR count). The van der Waals surface area contributed by atoms with E-state index in [1.54, 1.807) is 22.7 Å². The summed E-state index contributed by atoms with van der Waals surface area (Å²) in [6.07, 6.45) is 2.52. The van der Waals surface area contributed by atoms with E-state index >= 15 is 0 Å². The van der Waals surface area contributed by atoms with E-state index in [1.165, 1.54) is 40.3 Å². The van der Waals surface area contributed by atoms with Gasteiger partial charge in [0.25, 0.3) is 11.5 Å². The van der Waals surface area contributed by atoms with Crippen LogP contribution in [0.15, 0.2) is 52.8 Å². The van der Waals surface area contributed by atoms with Crippen LogP contribution in [0.5, 0.6) is 0 Å². The molecule has 4 aromatic rings. The lowest BCUT2D eigenvalue weighted by atomic mass is 10.1. The molecule has 0 aliphatic heterocycles. The van der Waals surface area contributed by atoms with Gasteiger partial charge < -0.3 is 5.32 Å². The van der Waals surface area contributed by atoms with Gasteiger partial charge in [-0.15, -0.1) is 11.3 Å². The van der Waals surface area contributed by atoms with Gasteiger partial charge in [0, 0.05) is 29.8 Å². The van der Waals surface area contributed by atoms with E-state index in [0.717, 1.165) is 6.42 Å². The summed E-state index contributed by atoms with van der Waals surface area (Å²) in [6.45, 7) is 2.36. The van der Waals surface area contributed by atoms with E-state index in [4.69, 9.17) is 0 Å². The van der Waals surface area contributed by atoms with Crippen molar-refractivity contribution in [2.75, 3.05) is 5.32 Å². The van der Waals surface area contributed by atoms with Crippen molar-refractivity contribution in [3.05, 3.63) is 69.8 Å². The molecule has 0 aliphatic carbocycles. The molecule has 0 spiro atoms. The molecular formula is C19H16FN5O2S. The van der Waals surface area contributed by atoms with Crippen molar-refractivity contribution in [2.24, 2.45) is 0 Å². The van der Waals surface area contributed by atoms with Gasteiger partial charge in [0.15, 0.2) is 4.96 Å². The lowest BCUT2D eigenvalue weighted by Crippen LogP contribution is -2.26. The highest BCUT2D eigenvalue weighted by Crippen LogP contribution is 2.31. The quantitative estimate of drug-likeness (QED) is 0.559. The number of hydrogen-bond acceptors (Lipinski definition) is 5. The van der Waals surface area contributed by atoms with Crippen molar-refractivity contribution in [1.29, 1.82) is 0 Å². The molecule has 28 heavy (non-hydrogen) atoms. The number of aryl methyl sites for hydroxylation is 1. The van der Waals surface area contributed by atoms with E-state index in [1.807, 2.05) is 12.3 Å². The summed E-state index contributed by atoms with van der Waals surface area (Å²) in [4.78, 5) is 29.9. The summed E-state index contributed by atoms with van der Waals surface area (Å²) in [6, 6.07) is 8.63. The number of nitrogens with one attached hydrogen (secondary N) is 1. The van der Waals surface area contributed by atoms with Gasteiger partial charge in [0.2, 0.25) is 0 Å². The molecule has 0 saturated heterocycles. The van der Waals surface area contributed by atoms with Gasteiger partial charge in [-0.1, -0.05) is 6.92 Å². The molecule has 142 valence electrons. The van der Waals surface area contributed by atoms with Crippen molar-refractivity contribution in [2.45, 2.75) is 19.9 Å². The molecule has 3 heterocycles. The van der Waals surface area contributed by atoms with Gasteiger partial charge in [0.1, 0.15) is 23.0 Å². The monoisotopic (exact) mass is 397 g/mol. The Morgan fingerprint density at radius 3 is 2.75 bits per heavy atom. The number of halogens is 1. The minimum atomic E-state index is -0.457. The summed E-state index contributed by atoms with van der Waals surface area (Å²) >= 11 is 1.42. The number of thiazole rings is 1. The number of imidazole rings is 1. The zero-order valence-electron chi connectivity index (χ0n) is 14.9. The average molecular weight is 397 g/mol. The van der Waals surface area contributed by atoms with Crippen LogP contribution in [0, 0.1) is 5.82 Å². The van der Waals surface area contributed by atoms with Crippen LogP contribution < -0.4 is 10.9 Å². The Morgan fingerprint density at radius 2 is 2.00 bits per heavy atom. The topological polar surface area (TPSA) is 81.3 Å². The smallest absolute Gasteiger partial charge is 0.277 e. The predicted octanol–water partition coefficient (Wildman–Crippen LogP) is 3.42. The Bertz CT molecular complexity index is 1210. The van der Waals surface area contributed by atoms with Crippen LogP contribution >= 0.6 is 11.3 Å². The van der Waals surface area contributed by atoms with Gasteiger partial charge in [-0.2, -0.15) is 5.10 Å². The van der Waals surface area contributed by atoms with E-state index in [2.05, 4.69) is 15.4 Å². The minimum Gasteiger partial charge on any atom is -0.304 e. The first kappa shape index (κ1) is 18.1. The maximum Gasteiger partial charge on any atom is 0.277 e. The van der Waals surface area contributed by atoms with Crippen LogP contribution in [0.1, 0.15) is 23.8 Å². The Balaban J connectivity index is 1.73. The first-order valence-electron chi connectivity index (χ1n) is 8.68.